The summed E-state index contributed by atoms with van der Waals surface area (Å²) in [6.07, 6.45) is 5.57. The second-order valence-electron chi connectivity index (χ2n) is 3.37. The van der Waals surface area contributed by atoms with Gasteiger partial charge in [-0.15, -0.1) is 0 Å². The summed E-state index contributed by atoms with van der Waals surface area (Å²) < 4.78 is 4.85. The number of hydrogen-bond acceptors (Lipinski definition) is 4. The van der Waals surface area contributed by atoms with Crippen LogP contribution in [0.5, 0.6) is 0 Å². The first kappa shape index (κ1) is 13.4. The Morgan fingerprint density at radius 1 is 1.36 bits per heavy atom. The molecule has 3 N–H and O–H groups in total. The van der Waals surface area contributed by atoms with Gasteiger partial charge in [0.1, 0.15) is 6.04 Å². The Bertz CT molecular complexity index is 150. The standard InChI is InChI=1S/C10H21NO3/c1-2-3-4-5-6-7-14-10(13)9(11)8-12/h9,12H,2-8,11H2,1H3/t9-/m1/s1. The summed E-state index contributed by atoms with van der Waals surface area (Å²) in [6, 6.07) is -0.884. The lowest BCUT2D eigenvalue weighted by molar-refractivity contribution is -0.146. The summed E-state index contributed by atoms with van der Waals surface area (Å²) >= 11 is 0. The molecule has 1 atom stereocenters. The van der Waals surface area contributed by atoms with E-state index < -0.39 is 12.0 Å². The van der Waals surface area contributed by atoms with Crippen molar-refractivity contribution < 1.29 is 14.6 Å². The number of carbonyl (C=O) groups is 1. The predicted molar refractivity (Wildman–Crippen MR) is 54.8 cm³/mol. The van der Waals surface area contributed by atoms with Crippen LogP contribution in [0.15, 0.2) is 0 Å². The molecule has 0 saturated heterocycles. The summed E-state index contributed by atoms with van der Waals surface area (Å²) in [6.45, 7) is 2.21. The number of nitrogens with two attached hydrogens (primary N) is 1. The zero-order valence-corrected chi connectivity index (χ0v) is 8.87. The molecular weight excluding hydrogens is 182 g/mol. The fourth-order valence-electron chi connectivity index (χ4n) is 1.06. The fourth-order valence-corrected chi connectivity index (χ4v) is 1.06. The van der Waals surface area contributed by atoms with Crippen molar-refractivity contribution in [2.45, 2.75) is 45.1 Å². The summed E-state index contributed by atoms with van der Waals surface area (Å²) in [4.78, 5) is 11.0. The molecule has 4 heteroatoms. The van der Waals surface area contributed by atoms with E-state index in [0.29, 0.717) is 6.61 Å². The van der Waals surface area contributed by atoms with E-state index in [4.69, 9.17) is 15.6 Å². The molecule has 84 valence electrons. The van der Waals surface area contributed by atoms with E-state index in [9.17, 15) is 4.79 Å². The van der Waals surface area contributed by atoms with Gasteiger partial charge in [0.05, 0.1) is 13.2 Å². The minimum atomic E-state index is -0.884. The van der Waals surface area contributed by atoms with Crippen LogP contribution < -0.4 is 5.73 Å². The Morgan fingerprint density at radius 2 is 2.00 bits per heavy atom. The van der Waals surface area contributed by atoms with Gasteiger partial charge >= 0.3 is 5.97 Å². The van der Waals surface area contributed by atoms with Gasteiger partial charge in [0, 0.05) is 0 Å². The van der Waals surface area contributed by atoms with Crippen LogP contribution >= 0.6 is 0 Å². The lowest BCUT2D eigenvalue weighted by Crippen LogP contribution is -2.35. The maximum Gasteiger partial charge on any atom is 0.325 e. The van der Waals surface area contributed by atoms with E-state index in [1.165, 1.54) is 19.3 Å². The van der Waals surface area contributed by atoms with E-state index in [1.807, 2.05) is 0 Å². The van der Waals surface area contributed by atoms with Gasteiger partial charge in [-0.25, -0.2) is 0 Å². The highest BCUT2D eigenvalue weighted by Gasteiger charge is 2.12. The van der Waals surface area contributed by atoms with Gasteiger partial charge < -0.3 is 15.6 Å². The van der Waals surface area contributed by atoms with Crippen molar-refractivity contribution >= 4 is 5.97 Å². The van der Waals surface area contributed by atoms with Crippen molar-refractivity contribution in [3.8, 4) is 0 Å². The van der Waals surface area contributed by atoms with Crippen molar-refractivity contribution in [3.05, 3.63) is 0 Å². The quantitative estimate of drug-likeness (QED) is 0.452. The number of carbonyl (C=O) groups excluding carboxylic acids is 1. The third-order valence-electron chi connectivity index (χ3n) is 1.99. The van der Waals surface area contributed by atoms with Gasteiger partial charge in [-0.05, 0) is 6.42 Å². The van der Waals surface area contributed by atoms with Gasteiger partial charge in [0.15, 0.2) is 0 Å². The average molecular weight is 203 g/mol. The van der Waals surface area contributed by atoms with E-state index in [1.54, 1.807) is 0 Å². The number of hydrogen-bond donors (Lipinski definition) is 2. The van der Waals surface area contributed by atoms with Crippen molar-refractivity contribution in [1.29, 1.82) is 0 Å². The lowest BCUT2D eigenvalue weighted by atomic mass is 10.2. The van der Waals surface area contributed by atoms with Crippen molar-refractivity contribution in [1.82, 2.24) is 0 Å². The Kier molecular flexibility index (Phi) is 8.57. The Balaban J connectivity index is 3.23. The van der Waals surface area contributed by atoms with Gasteiger partial charge in [0.25, 0.3) is 0 Å². The second-order valence-corrected chi connectivity index (χ2v) is 3.37. The Labute approximate surface area is 85.4 Å². The molecule has 0 radical (unpaired) electrons. The molecule has 0 aromatic rings. The third kappa shape index (κ3) is 6.86. The minimum Gasteiger partial charge on any atom is -0.464 e. The van der Waals surface area contributed by atoms with Gasteiger partial charge in [-0.2, -0.15) is 0 Å². The molecule has 0 aliphatic heterocycles. The fraction of sp³-hybridized carbons (Fsp3) is 0.900. The van der Waals surface area contributed by atoms with E-state index >= 15 is 0 Å². The molecule has 0 heterocycles. The maximum absolute atomic E-state index is 11.0. The van der Waals surface area contributed by atoms with Crippen molar-refractivity contribution in [2.24, 2.45) is 5.73 Å². The monoisotopic (exact) mass is 203 g/mol. The summed E-state index contributed by atoms with van der Waals surface area (Å²) in [5.41, 5.74) is 5.25. The smallest absolute Gasteiger partial charge is 0.325 e. The Morgan fingerprint density at radius 3 is 2.57 bits per heavy atom. The summed E-state index contributed by atoms with van der Waals surface area (Å²) in [5.74, 6) is -0.511. The molecule has 0 aromatic carbocycles. The molecular formula is C10H21NO3. The lowest BCUT2D eigenvalue weighted by Gasteiger charge is -2.08. The van der Waals surface area contributed by atoms with Crippen LogP contribution in [0, 0.1) is 0 Å². The highest BCUT2D eigenvalue weighted by atomic mass is 16.5. The maximum atomic E-state index is 11.0. The van der Waals surface area contributed by atoms with E-state index in [2.05, 4.69) is 6.92 Å². The van der Waals surface area contributed by atoms with Crippen LogP contribution in [0.2, 0.25) is 0 Å². The highest BCUT2D eigenvalue weighted by molar-refractivity contribution is 5.75. The largest absolute Gasteiger partial charge is 0.464 e. The number of aliphatic hydroxyl groups excluding tert-OH is 1. The van der Waals surface area contributed by atoms with Gasteiger partial charge in [-0.1, -0.05) is 32.6 Å². The molecule has 14 heavy (non-hydrogen) atoms. The summed E-state index contributed by atoms with van der Waals surface area (Å²) in [5, 5.41) is 8.55. The first-order valence-corrected chi connectivity index (χ1v) is 5.25. The van der Waals surface area contributed by atoms with E-state index in [0.717, 1.165) is 12.8 Å². The molecule has 0 aliphatic carbocycles. The normalized spacial score (nSPS) is 12.5. The van der Waals surface area contributed by atoms with Gasteiger partial charge in [-0.3, -0.25) is 4.79 Å². The molecule has 0 spiro atoms. The zero-order chi connectivity index (χ0) is 10.8. The van der Waals surface area contributed by atoms with E-state index in [-0.39, 0.29) is 6.61 Å². The molecule has 0 saturated carbocycles. The average Bonchev–Trinajstić information content (AvgIpc) is 2.21. The molecule has 0 unspecified atom stereocenters. The molecule has 0 aliphatic rings. The first-order valence-electron chi connectivity index (χ1n) is 5.25. The molecule has 0 amide bonds. The Hall–Kier alpha value is -0.610. The molecule has 4 nitrogen and oxygen atoms in total. The molecule has 0 bridgehead atoms. The SMILES string of the molecule is CCCCCCCOC(=O)[C@H](N)CO. The van der Waals surface area contributed by atoms with Crippen LogP contribution in [0.1, 0.15) is 39.0 Å². The first-order chi connectivity index (χ1) is 6.72. The predicted octanol–water partition coefficient (Wildman–Crippen LogP) is 0.820. The van der Waals surface area contributed by atoms with Crippen LogP contribution in [0.25, 0.3) is 0 Å². The van der Waals surface area contributed by atoms with Gasteiger partial charge in [0.2, 0.25) is 0 Å². The minimum absolute atomic E-state index is 0.353. The summed E-state index contributed by atoms with van der Waals surface area (Å²) in [7, 11) is 0. The highest BCUT2D eigenvalue weighted by Crippen LogP contribution is 2.02. The number of esters is 1. The molecule has 0 rings (SSSR count). The molecule has 0 fully saturated rings. The number of ether oxygens (including phenoxy) is 1. The number of aliphatic hydroxyl groups is 1. The van der Waals surface area contributed by atoms with Crippen LogP contribution in [0.4, 0.5) is 0 Å². The second kappa shape index (κ2) is 8.97. The number of rotatable bonds is 8. The topological polar surface area (TPSA) is 72.5 Å². The van der Waals surface area contributed by atoms with Crippen LogP contribution in [-0.4, -0.2) is 30.3 Å². The van der Waals surface area contributed by atoms with Crippen LogP contribution in [0.3, 0.4) is 0 Å². The van der Waals surface area contributed by atoms with Crippen molar-refractivity contribution in [3.63, 3.8) is 0 Å². The van der Waals surface area contributed by atoms with Crippen LogP contribution in [-0.2, 0) is 9.53 Å². The zero-order valence-electron chi connectivity index (χ0n) is 8.87. The number of unbranched alkanes of at least 4 members (excludes halogenated alkanes) is 4. The molecule has 0 aromatic heterocycles. The third-order valence-corrected chi connectivity index (χ3v) is 1.99. The van der Waals surface area contributed by atoms with Crippen molar-refractivity contribution in [2.75, 3.05) is 13.2 Å².